The van der Waals surface area contributed by atoms with Crippen molar-refractivity contribution >= 4 is 21.6 Å². The second-order valence-electron chi connectivity index (χ2n) is 4.51. The van der Waals surface area contributed by atoms with Gasteiger partial charge < -0.3 is 15.3 Å². The van der Waals surface area contributed by atoms with Gasteiger partial charge in [-0.3, -0.25) is 0 Å². The van der Waals surface area contributed by atoms with Crippen molar-refractivity contribution in [3.8, 4) is 0 Å². The quantitative estimate of drug-likeness (QED) is 0.647. The van der Waals surface area contributed by atoms with Crippen molar-refractivity contribution in [3.63, 3.8) is 0 Å². The fourth-order valence-electron chi connectivity index (χ4n) is 1.80. The Labute approximate surface area is 128 Å². The summed E-state index contributed by atoms with van der Waals surface area (Å²) < 4.78 is 26.3. The Kier molecular flexibility index (Phi) is 5.38. The lowest BCUT2D eigenvalue weighted by molar-refractivity contribution is -0.861. The molecule has 0 aliphatic carbocycles. The predicted octanol–water partition coefficient (Wildman–Crippen LogP) is 0.529. The van der Waals surface area contributed by atoms with Crippen molar-refractivity contribution in [2.24, 2.45) is 0 Å². The van der Waals surface area contributed by atoms with Crippen LogP contribution in [0.3, 0.4) is 0 Å². The van der Waals surface area contributed by atoms with Gasteiger partial charge in [0.15, 0.2) is 0 Å². The Morgan fingerprint density at radius 3 is 2.57 bits per heavy atom. The van der Waals surface area contributed by atoms with E-state index in [1.165, 1.54) is 24.3 Å². The first-order chi connectivity index (χ1) is 9.97. The van der Waals surface area contributed by atoms with Gasteiger partial charge in [-0.2, -0.15) is 0 Å². The zero-order valence-electron chi connectivity index (χ0n) is 11.2. The molecule has 21 heavy (non-hydrogen) atoms. The summed E-state index contributed by atoms with van der Waals surface area (Å²) in [5.74, 6) is 0. The van der Waals surface area contributed by atoms with Crippen molar-refractivity contribution in [3.05, 3.63) is 58.5 Å². The van der Waals surface area contributed by atoms with Crippen LogP contribution in [0.2, 0.25) is 5.02 Å². The Morgan fingerprint density at radius 2 is 1.95 bits per heavy atom. The zero-order valence-corrected chi connectivity index (χ0v) is 12.7. The highest BCUT2D eigenvalue weighted by Gasteiger charge is 2.13. The number of nitrogens with one attached hydrogen (secondary N) is 3. The third-order valence-corrected chi connectivity index (χ3v) is 4.60. The van der Waals surface area contributed by atoms with Gasteiger partial charge >= 0.3 is 0 Å². The van der Waals surface area contributed by atoms with E-state index in [4.69, 9.17) is 11.6 Å². The first kappa shape index (κ1) is 16.0. The molecule has 114 valence electrons. The molecule has 0 aliphatic rings. The van der Waals surface area contributed by atoms with Crippen LogP contribution in [0.1, 0.15) is 5.69 Å². The summed E-state index contributed by atoms with van der Waals surface area (Å²) >= 11 is 5.71. The highest BCUT2D eigenvalue weighted by Crippen LogP contribution is 2.13. The van der Waals surface area contributed by atoms with Gasteiger partial charge in [0, 0.05) is 11.2 Å². The number of H-pyrrole nitrogens is 1. The zero-order chi connectivity index (χ0) is 15.3. The maximum atomic E-state index is 12.0. The summed E-state index contributed by atoms with van der Waals surface area (Å²) in [6.45, 7) is 0.492. The number of halogens is 1. The summed E-state index contributed by atoms with van der Waals surface area (Å²) in [6, 6.07) is 9.48. The smallest absolute Gasteiger partial charge is 0.240 e. The van der Waals surface area contributed by atoms with Gasteiger partial charge in [0.25, 0.3) is 0 Å². The van der Waals surface area contributed by atoms with Gasteiger partial charge in [-0.05, 0) is 36.4 Å². The molecule has 8 heteroatoms. The molecule has 0 spiro atoms. The molecule has 0 radical (unpaired) electrons. The number of sulfonamides is 1. The number of aromatic nitrogens is 1. The van der Waals surface area contributed by atoms with Gasteiger partial charge in [0.2, 0.25) is 10.0 Å². The summed E-state index contributed by atoms with van der Waals surface area (Å²) in [4.78, 5) is 3.06. The normalized spacial score (nSPS) is 13.2. The van der Waals surface area contributed by atoms with E-state index in [0.29, 0.717) is 5.02 Å². The van der Waals surface area contributed by atoms with Crippen LogP contribution >= 0.6 is 11.6 Å². The van der Waals surface area contributed by atoms with E-state index in [1.807, 2.05) is 12.1 Å². The first-order valence-corrected chi connectivity index (χ1v) is 8.23. The molecule has 0 fully saturated rings. The average Bonchev–Trinajstić information content (AvgIpc) is 2.91. The van der Waals surface area contributed by atoms with Crippen molar-refractivity contribution < 1.29 is 13.5 Å². The molecule has 2 aromatic rings. The van der Waals surface area contributed by atoms with Crippen LogP contribution in [0.15, 0.2) is 47.5 Å². The lowest BCUT2D eigenvalue weighted by Crippen LogP contribution is -3.06. The van der Waals surface area contributed by atoms with Crippen molar-refractivity contribution in [1.82, 2.24) is 9.71 Å². The van der Waals surface area contributed by atoms with E-state index in [-0.39, 0.29) is 29.6 Å². The van der Waals surface area contributed by atoms with Crippen molar-refractivity contribution in [2.45, 2.75) is 11.4 Å². The number of aromatic amines is 1. The minimum Gasteiger partial charge on any atom is -0.634 e. The molecule has 1 unspecified atom stereocenters. The second-order valence-corrected chi connectivity index (χ2v) is 6.72. The van der Waals surface area contributed by atoms with Crippen LogP contribution in [0, 0.1) is 5.21 Å². The fourth-order valence-corrected chi connectivity index (χ4v) is 2.96. The summed E-state index contributed by atoms with van der Waals surface area (Å²) in [7, 11) is -3.60. The van der Waals surface area contributed by atoms with Crippen molar-refractivity contribution in [2.75, 3.05) is 13.1 Å². The number of hydrogen-bond donors (Lipinski definition) is 3. The minimum atomic E-state index is -3.60. The van der Waals surface area contributed by atoms with E-state index >= 15 is 0 Å². The summed E-state index contributed by atoms with van der Waals surface area (Å²) in [5.41, 5.74) is 0.820. The highest BCUT2D eigenvalue weighted by molar-refractivity contribution is 7.89. The monoisotopic (exact) mass is 329 g/mol. The Bertz CT molecular complexity index is 656. The number of hydroxylamine groups is 2. The number of quaternary nitrogens is 1. The molecule has 0 saturated heterocycles. The minimum absolute atomic E-state index is 0.0312. The van der Waals surface area contributed by atoms with Gasteiger partial charge in [0.1, 0.15) is 6.54 Å². The summed E-state index contributed by atoms with van der Waals surface area (Å²) in [6.07, 6.45) is 1.74. The maximum absolute atomic E-state index is 12.0. The Balaban J connectivity index is 1.83. The molecule has 2 rings (SSSR count). The van der Waals surface area contributed by atoms with E-state index in [2.05, 4.69) is 9.71 Å². The van der Waals surface area contributed by atoms with Crippen LogP contribution in [0.5, 0.6) is 0 Å². The largest absolute Gasteiger partial charge is 0.634 e. The van der Waals surface area contributed by atoms with Crippen LogP contribution in [0.4, 0.5) is 0 Å². The van der Waals surface area contributed by atoms with Crippen LogP contribution < -0.4 is 9.79 Å². The maximum Gasteiger partial charge on any atom is 0.240 e. The van der Waals surface area contributed by atoms with Crippen LogP contribution in [-0.2, 0) is 16.6 Å². The molecule has 1 aromatic carbocycles. The van der Waals surface area contributed by atoms with Gasteiger partial charge in [-0.25, -0.2) is 13.1 Å². The fraction of sp³-hybridized carbons (Fsp3) is 0.231. The van der Waals surface area contributed by atoms with Crippen LogP contribution in [-0.4, -0.2) is 26.5 Å². The molecule has 1 aromatic heterocycles. The second kappa shape index (κ2) is 7.06. The number of hydrogen-bond acceptors (Lipinski definition) is 3. The molecule has 1 heterocycles. The van der Waals surface area contributed by atoms with E-state index in [9.17, 15) is 13.6 Å². The molecular formula is C13H16ClN3O3S. The third-order valence-electron chi connectivity index (χ3n) is 2.87. The first-order valence-electron chi connectivity index (χ1n) is 6.36. The molecule has 0 saturated carbocycles. The van der Waals surface area contributed by atoms with Gasteiger partial charge in [0.05, 0.1) is 23.7 Å². The van der Waals surface area contributed by atoms with Gasteiger partial charge in [-0.1, -0.05) is 11.6 Å². The molecule has 0 aliphatic heterocycles. The topological polar surface area (TPSA) is 89.5 Å². The Morgan fingerprint density at radius 1 is 1.24 bits per heavy atom. The molecule has 1 atom stereocenters. The molecular weight excluding hydrogens is 314 g/mol. The van der Waals surface area contributed by atoms with Gasteiger partial charge in [-0.15, -0.1) is 0 Å². The van der Waals surface area contributed by atoms with Crippen molar-refractivity contribution in [1.29, 1.82) is 0 Å². The lowest BCUT2D eigenvalue weighted by Gasteiger charge is -2.21. The Hall–Kier alpha value is -1.38. The average molecular weight is 330 g/mol. The van der Waals surface area contributed by atoms with E-state index in [0.717, 1.165) is 5.69 Å². The standard InChI is InChI=1S/C13H16ClN3O3S/c14-11-3-5-13(6-4-11)21(19,20)16-8-9-17(18)10-12-2-1-7-15-12/h1-7,15-17H,8-10H2. The number of benzene rings is 1. The lowest BCUT2D eigenvalue weighted by atomic mass is 10.4. The molecule has 0 amide bonds. The molecule has 6 nitrogen and oxygen atoms in total. The SMILES string of the molecule is O=S(=O)(NCC[NH+]([O-])Cc1ccc[nH]1)c1ccc(Cl)cc1. The van der Waals surface area contributed by atoms with E-state index in [1.54, 1.807) is 6.20 Å². The third kappa shape index (κ3) is 4.83. The van der Waals surface area contributed by atoms with Crippen LogP contribution in [0.25, 0.3) is 0 Å². The summed E-state index contributed by atoms with van der Waals surface area (Å²) in [5, 5.41) is 12.1. The predicted molar refractivity (Wildman–Crippen MR) is 80.3 cm³/mol. The highest BCUT2D eigenvalue weighted by atomic mass is 35.5. The number of rotatable bonds is 7. The van der Waals surface area contributed by atoms with E-state index < -0.39 is 10.0 Å². The molecule has 3 N–H and O–H groups in total. The molecule has 0 bridgehead atoms.